The van der Waals surface area contributed by atoms with Crippen LogP contribution in [0.1, 0.15) is 21.5 Å². The molecule has 0 unspecified atom stereocenters. The third-order valence-electron chi connectivity index (χ3n) is 5.05. The van der Waals surface area contributed by atoms with E-state index in [4.69, 9.17) is 0 Å². The summed E-state index contributed by atoms with van der Waals surface area (Å²) in [6.45, 7) is 5.07. The fourth-order valence-corrected chi connectivity index (χ4v) is 4.49. The van der Waals surface area contributed by atoms with Crippen LogP contribution in [0.4, 0.5) is 5.69 Å². The van der Waals surface area contributed by atoms with E-state index < -0.39 is 16.0 Å². The van der Waals surface area contributed by atoms with Gasteiger partial charge in [-0.1, -0.05) is 24.3 Å². The molecule has 8 heteroatoms. The SMILES string of the molecule is Cc1ccccc1CNS(=O)(=O)c1cc(C(=O)O)ccc1N1CCN(C)CC1. The normalized spacial score (nSPS) is 15.6. The molecule has 1 aliphatic rings. The predicted octanol–water partition coefficient (Wildman–Crippen LogP) is 1.92. The summed E-state index contributed by atoms with van der Waals surface area (Å²) in [5.74, 6) is -1.15. The number of benzene rings is 2. The first-order valence-electron chi connectivity index (χ1n) is 9.13. The van der Waals surface area contributed by atoms with E-state index in [9.17, 15) is 18.3 Å². The molecule has 0 bridgehead atoms. The highest BCUT2D eigenvalue weighted by molar-refractivity contribution is 7.89. The molecular weight excluding hydrogens is 378 g/mol. The minimum Gasteiger partial charge on any atom is -0.478 e. The molecule has 0 aromatic heterocycles. The van der Waals surface area contributed by atoms with Crippen molar-refractivity contribution < 1.29 is 18.3 Å². The molecule has 2 aromatic carbocycles. The zero-order valence-electron chi connectivity index (χ0n) is 16.1. The van der Waals surface area contributed by atoms with Gasteiger partial charge in [0.25, 0.3) is 0 Å². The van der Waals surface area contributed by atoms with Crippen molar-refractivity contribution in [2.24, 2.45) is 0 Å². The standard InChI is InChI=1S/C20H25N3O4S/c1-15-5-3-4-6-17(15)14-21-28(26,27)19-13-16(20(24)25)7-8-18(19)23-11-9-22(2)10-12-23/h3-8,13,21H,9-12,14H2,1-2H3,(H,24,25). The largest absolute Gasteiger partial charge is 0.478 e. The minimum absolute atomic E-state index is 0.00513. The Hall–Kier alpha value is -2.42. The van der Waals surface area contributed by atoms with Crippen LogP contribution >= 0.6 is 0 Å². The van der Waals surface area contributed by atoms with Crippen molar-refractivity contribution in [1.82, 2.24) is 9.62 Å². The lowest BCUT2D eigenvalue weighted by Crippen LogP contribution is -2.45. The Morgan fingerprint density at radius 3 is 2.43 bits per heavy atom. The van der Waals surface area contributed by atoms with Crippen molar-refractivity contribution in [3.63, 3.8) is 0 Å². The Labute approximate surface area is 165 Å². The molecule has 3 rings (SSSR count). The van der Waals surface area contributed by atoms with Gasteiger partial charge in [-0.25, -0.2) is 17.9 Å². The van der Waals surface area contributed by atoms with E-state index in [-0.39, 0.29) is 17.0 Å². The highest BCUT2D eigenvalue weighted by atomic mass is 32.2. The van der Waals surface area contributed by atoms with Crippen molar-refractivity contribution in [3.8, 4) is 0 Å². The second-order valence-corrected chi connectivity index (χ2v) is 8.76. The summed E-state index contributed by atoms with van der Waals surface area (Å²) in [4.78, 5) is 15.6. The molecule has 0 spiro atoms. The number of carboxylic acid groups (broad SMARTS) is 1. The van der Waals surface area contributed by atoms with Crippen LogP contribution in [0.5, 0.6) is 0 Å². The van der Waals surface area contributed by atoms with Gasteiger partial charge < -0.3 is 14.9 Å². The topological polar surface area (TPSA) is 89.9 Å². The Morgan fingerprint density at radius 1 is 1.11 bits per heavy atom. The molecule has 28 heavy (non-hydrogen) atoms. The van der Waals surface area contributed by atoms with Crippen LogP contribution < -0.4 is 9.62 Å². The maximum absolute atomic E-state index is 13.1. The summed E-state index contributed by atoms with van der Waals surface area (Å²) in [6.07, 6.45) is 0. The van der Waals surface area contributed by atoms with Gasteiger partial charge in [-0.15, -0.1) is 0 Å². The summed E-state index contributed by atoms with van der Waals surface area (Å²) in [6, 6.07) is 11.8. The summed E-state index contributed by atoms with van der Waals surface area (Å²) < 4.78 is 28.8. The summed E-state index contributed by atoms with van der Waals surface area (Å²) in [5.41, 5.74) is 2.36. The third kappa shape index (κ3) is 4.52. The van der Waals surface area contributed by atoms with Crippen molar-refractivity contribution in [2.75, 3.05) is 38.1 Å². The number of aromatic carboxylic acids is 1. The highest BCUT2D eigenvalue weighted by Crippen LogP contribution is 2.28. The van der Waals surface area contributed by atoms with E-state index in [0.29, 0.717) is 18.8 Å². The van der Waals surface area contributed by atoms with Gasteiger partial charge in [-0.05, 0) is 43.3 Å². The van der Waals surface area contributed by atoms with Gasteiger partial charge in [0, 0.05) is 32.7 Å². The van der Waals surface area contributed by atoms with Crippen molar-refractivity contribution in [1.29, 1.82) is 0 Å². The molecule has 1 fully saturated rings. The Kier molecular flexibility index (Phi) is 6.02. The Balaban J connectivity index is 1.93. The molecule has 7 nitrogen and oxygen atoms in total. The van der Waals surface area contributed by atoms with Crippen LogP contribution in [0.25, 0.3) is 0 Å². The van der Waals surface area contributed by atoms with E-state index >= 15 is 0 Å². The first kappa shape index (κ1) is 20.3. The second-order valence-electron chi connectivity index (χ2n) is 7.03. The molecule has 0 aliphatic carbocycles. The number of nitrogens with zero attached hydrogens (tertiary/aromatic N) is 2. The average molecular weight is 404 g/mol. The maximum atomic E-state index is 13.1. The molecule has 150 valence electrons. The monoisotopic (exact) mass is 403 g/mol. The van der Waals surface area contributed by atoms with Crippen LogP contribution in [0.2, 0.25) is 0 Å². The summed E-state index contributed by atoms with van der Waals surface area (Å²) >= 11 is 0. The number of likely N-dealkylation sites (N-methyl/N-ethyl adjacent to an activating group) is 1. The smallest absolute Gasteiger partial charge is 0.335 e. The Morgan fingerprint density at radius 2 is 1.79 bits per heavy atom. The molecule has 0 atom stereocenters. The highest BCUT2D eigenvalue weighted by Gasteiger charge is 2.25. The van der Waals surface area contributed by atoms with Gasteiger partial charge in [-0.3, -0.25) is 0 Å². The second kappa shape index (κ2) is 8.30. The lowest BCUT2D eigenvalue weighted by molar-refractivity contribution is 0.0696. The molecule has 1 aliphatic heterocycles. The molecule has 2 aromatic rings. The van der Waals surface area contributed by atoms with Gasteiger partial charge in [0.1, 0.15) is 4.90 Å². The van der Waals surface area contributed by atoms with Crippen LogP contribution in [0.15, 0.2) is 47.4 Å². The number of aryl methyl sites for hydroxylation is 1. The maximum Gasteiger partial charge on any atom is 0.335 e. The third-order valence-corrected chi connectivity index (χ3v) is 6.48. The lowest BCUT2D eigenvalue weighted by Gasteiger charge is -2.35. The van der Waals surface area contributed by atoms with Crippen molar-refractivity contribution in [3.05, 3.63) is 59.2 Å². The molecule has 2 N–H and O–H groups in total. The summed E-state index contributed by atoms with van der Waals surface area (Å²) in [5, 5.41) is 9.32. The number of hydrogen-bond donors (Lipinski definition) is 2. The van der Waals surface area contributed by atoms with Gasteiger partial charge in [0.05, 0.1) is 11.3 Å². The van der Waals surface area contributed by atoms with Crippen LogP contribution in [-0.4, -0.2) is 57.6 Å². The molecule has 0 radical (unpaired) electrons. The van der Waals surface area contributed by atoms with Crippen molar-refractivity contribution >= 4 is 21.7 Å². The van der Waals surface area contributed by atoms with Gasteiger partial charge in [0.2, 0.25) is 10.0 Å². The number of carboxylic acids is 1. The number of hydrogen-bond acceptors (Lipinski definition) is 5. The minimum atomic E-state index is -3.89. The first-order chi connectivity index (χ1) is 13.3. The van der Waals surface area contributed by atoms with E-state index in [1.54, 1.807) is 6.07 Å². The number of carbonyl (C=O) groups is 1. The zero-order valence-corrected chi connectivity index (χ0v) is 16.9. The van der Waals surface area contributed by atoms with E-state index in [1.165, 1.54) is 12.1 Å². The molecular formula is C20H25N3O4S. The first-order valence-corrected chi connectivity index (χ1v) is 10.6. The number of sulfonamides is 1. The number of nitrogens with one attached hydrogen (secondary N) is 1. The van der Waals surface area contributed by atoms with Gasteiger partial charge in [-0.2, -0.15) is 0 Å². The van der Waals surface area contributed by atoms with Gasteiger partial charge in [0.15, 0.2) is 0 Å². The molecule has 1 saturated heterocycles. The fraction of sp³-hybridized carbons (Fsp3) is 0.350. The lowest BCUT2D eigenvalue weighted by atomic mass is 10.1. The Bertz CT molecular complexity index is 967. The number of anilines is 1. The van der Waals surface area contributed by atoms with Gasteiger partial charge >= 0.3 is 5.97 Å². The fourth-order valence-electron chi connectivity index (χ4n) is 3.23. The number of rotatable bonds is 6. The van der Waals surface area contributed by atoms with E-state index in [0.717, 1.165) is 24.2 Å². The quantitative estimate of drug-likeness (QED) is 0.766. The molecule has 0 amide bonds. The van der Waals surface area contributed by atoms with Crippen LogP contribution in [0.3, 0.4) is 0 Å². The summed E-state index contributed by atoms with van der Waals surface area (Å²) in [7, 11) is -1.87. The zero-order chi connectivity index (χ0) is 20.3. The van der Waals surface area contributed by atoms with Crippen LogP contribution in [-0.2, 0) is 16.6 Å². The number of piperazine rings is 1. The average Bonchev–Trinajstić information content (AvgIpc) is 2.67. The molecule has 0 saturated carbocycles. The van der Waals surface area contributed by atoms with Crippen molar-refractivity contribution in [2.45, 2.75) is 18.4 Å². The molecule has 1 heterocycles. The predicted molar refractivity (Wildman–Crippen MR) is 108 cm³/mol. The van der Waals surface area contributed by atoms with E-state index in [2.05, 4.69) is 9.62 Å². The van der Waals surface area contributed by atoms with E-state index in [1.807, 2.05) is 43.1 Å². The van der Waals surface area contributed by atoms with Crippen LogP contribution in [0, 0.1) is 6.92 Å².